The van der Waals surface area contributed by atoms with Gasteiger partial charge in [0.25, 0.3) is 0 Å². The Balaban J connectivity index is 1.53. The van der Waals surface area contributed by atoms with E-state index >= 15 is 0 Å². The molecule has 5 nitrogen and oxygen atoms in total. The van der Waals surface area contributed by atoms with Gasteiger partial charge >= 0.3 is 0 Å². The largest absolute Gasteiger partial charge is 0.356 e. The predicted molar refractivity (Wildman–Crippen MR) is 110 cm³/mol. The number of rotatable bonds is 6. The van der Waals surface area contributed by atoms with Crippen molar-refractivity contribution < 1.29 is 4.79 Å². The third-order valence-electron chi connectivity index (χ3n) is 5.16. The summed E-state index contributed by atoms with van der Waals surface area (Å²) in [5, 5.41) is 3.08. The lowest BCUT2D eigenvalue weighted by Crippen LogP contribution is -2.41. The number of nitrogens with one attached hydrogen (secondary N) is 1. The van der Waals surface area contributed by atoms with Crippen LogP contribution in [-0.4, -0.2) is 35.5 Å². The Kier molecular flexibility index (Phi) is 6.43. The molecule has 0 radical (unpaired) electrons. The molecule has 27 heavy (non-hydrogen) atoms. The van der Waals surface area contributed by atoms with Crippen molar-refractivity contribution >= 4 is 11.9 Å². The lowest BCUT2D eigenvalue weighted by Gasteiger charge is -2.31. The van der Waals surface area contributed by atoms with Gasteiger partial charge in [-0.25, -0.2) is 9.97 Å². The molecule has 5 heteroatoms. The molecule has 1 aromatic heterocycles. The van der Waals surface area contributed by atoms with Crippen LogP contribution in [0.5, 0.6) is 0 Å². The van der Waals surface area contributed by atoms with Gasteiger partial charge in [-0.05, 0) is 37.7 Å². The fourth-order valence-electron chi connectivity index (χ4n) is 3.43. The summed E-state index contributed by atoms with van der Waals surface area (Å²) in [5.41, 5.74) is 3.39. The molecule has 1 amide bonds. The molecule has 144 valence electrons. The van der Waals surface area contributed by atoms with Gasteiger partial charge in [-0.2, -0.15) is 0 Å². The van der Waals surface area contributed by atoms with Crippen molar-refractivity contribution in [2.75, 3.05) is 24.5 Å². The molecule has 0 aliphatic carbocycles. The first-order valence-corrected chi connectivity index (χ1v) is 9.94. The van der Waals surface area contributed by atoms with Crippen LogP contribution in [0.4, 0.5) is 5.95 Å². The lowest BCUT2D eigenvalue weighted by atomic mass is 9.96. The molecule has 0 bridgehead atoms. The minimum absolute atomic E-state index is 0.111. The zero-order chi connectivity index (χ0) is 19.2. The number of nitrogens with zero attached hydrogens (tertiary/aromatic N) is 3. The van der Waals surface area contributed by atoms with Crippen molar-refractivity contribution in [3.8, 4) is 11.1 Å². The number of benzene rings is 1. The molecule has 0 saturated carbocycles. The Morgan fingerprint density at radius 3 is 2.52 bits per heavy atom. The van der Waals surface area contributed by atoms with Gasteiger partial charge in [-0.1, -0.05) is 43.7 Å². The highest BCUT2D eigenvalue weighted by Gasteiger charge is 2.25. The lowest BCUT2D eigenvalue weighted by molar-refractivity contribution is -0.125. The summed E-state index contributed by atoms with van der Waals surface area (Å²) in [7, 11) is 0. The molecule has 1 N–H and O–H groups in total. The van der Waals surface area contributed by atoms with Crippen molar-refractivity contribution in [1.82, 2.24) is 15.3 Å². The van der Waals surface area contributed by atoms with E-state index in [0.29, 0.717) is 5.92 Å². The summed E-state index contributed by atoms with van der Waals surface area (Å²) in [6.45, 7) is 8.87. The maximum Gasteiger partial charge on any atom is 0.225 e. The van der Waals surface area contributed by atoms with E-state index in [1.54, 1.807) is 0 Å². The summed E-state index contributed by atoms with van der Waals surface area (Å²) < 4.78 is 0. The van der Waals surface area contributed by atoms with E-state index in [1.165, 1.54) is 5.56 Å². The second-order valence-corrected chi connectivity index (χ2v) is 7.88. The smallest absolute Gasteiger partial charge is 0.225 e. The predicted octanol–water partition coefficient (Wildman–Crippen LogP) is 3.83. The van der Waals surface area contributed by atoms with Crippen molar-refractivity contribution in [2.45, 2.75) is 40.0 Å². The van der Waals surface area contributed by atoms with E-state index in [0.717, 1.165) is 56.0 Å². The van der Waals surface area contributed by atoms with Crippen molar-refractivity contribution in [3.63, 3.8) is 0 Å². The highest BCUT2D eigenvalue weighted by Crippen LogP contribution is 2.23. The first-order valence-electron chi connectivity index (χ1n) is 9.94. The Labute approximate surface area is 162 Å². The molecule has 3 rings (SSSR count). The maximum atomic E-state index is 12.3. The van der Waals surface area contributed by atoms with Gasteiger partial charge in [-0.3, -0.25) is 4.79 Å². The number of aryl methyl sites for hydroxylation is 1. The second kappa shape index (κ2) is 8.98. The van der Waals surface area contributed by atoms with Crippen LogP contribution in [0.1, 0.15) is 38.7 Å². The maximum absolute atomic E-state index is 12.3. The molecule has 1 aliphatic heterocycles. The Morgan fingerprint density at radius 1 is 1.19 bits per heavy atom. The minimum atomic E-state index is 0.111. The van der Waals surface area contributed by atoms with Crippen LogP contribution in [0.15, 0.2) is 36.7 Å². The number of hydrogen-bond acceptors (Lipinski definition) is 4. The van der Waals surface area contributed by atoms with E-state index in [9.17, 15) is 4.79 Å². The Bertz CT molecular complexity index is 749. The average Bonchev–Trinajstić information content (AvgIpc) is 2.68. The molecule has 1 fully saturated rings. The first kappa shape index (κ1) is 19.3. The van der Waals surface area contributed by atoms with Gasteiger partial charge in [-0.15, -0.1) is 0 Å². The zero-order valence-electron chi connectivity index (χ0n) is 16.6. The van der Waals surface area contributed by atoms with Crippen LogP contribution in [0.2, 0.25) is 0 Å². The standard InChI is InChI=1S/C22H30N4O/c1-16(2)7-10-23-21(27)18-8-11-26(12-9-18)22-24-14-20(15-25-22)19-6-4-5-17(3)13-19/h4-6,13-16,18H,7-12H2,1-3H3,(H,23,27). The number of carbonyl (C=O) groups is 1. The number of piperidine rings is 1. The Hall–Kier alpha value is -2.43. The molecule has 1 aliphatic rings. The molecule has 1 saturated heterocycles. The molecule has 0 atom stereocenters. The molecular formula is C22H30N4O. The second-order valence-electron chi connectivity index (χ2n) is 7.88. The molecule has 1 aromatic carbocycles. The summed E-state index contributed by atoms with van der Waals surface area (Å²) in [6.07, 6.45) is 6.53. The number of aromatic nitrogens is 2. The normalized spacial score (nSPS) is 15.2. The fraction of sp³-hybridized carbons (Fsp3) is 0.500. The number of amides is 1. The van der Waals surface area contributed by atoms with Crippen LogP contribution in [-0.2, 0) is 4.79 Å². The van der Waals surface area contributed by atoms with Gasteiger partial charge in [0.05, 0.1) is 0 Å². The topological polar surface area (TPSA) is 58.1 Å². The molecule has 2 heterocycles. The van der Waals surface area contributed by atoms with E-state index < -0.39 is 0 Å². The van der Waals surface area contributed by atoms with Crippen LogP contribution in [0.3, 0.4) is 0 Å². The fourth-order valence-corrected chi connectivity index (χ4v) is 3.43. The first-order chi connectivity index (χ1) is 13.0. The van der Waals surface area contributed by atoms with Crippen LogP contribution in [0, 0.1) is 18.8 Å². The zero-order valence-corrected chi connectivity index (χ0v) is 16.6. The van der Waals surface area contributed by atoms with Crippen LogP contribution < -0.4 is 10.2 Å². The van der Waals surface area contributed by atoms with Gasteiger partial charge in [0.2, 0.25) is 11.9 Å². The van der Waals surface area contributed by atoms with Gasteiger partial charge in [0.15, 0.2) is 0 Å². The molecule has 0 unspecified atom stereocenters. The molecule has 0 spiro atoms. The average molecular weight is 367 g/mol. The third kappa shape index (κ3) is 5.28. The quantitative estimate of drug-likeness (QED) is 0.844. The van der Waals surface area contributed by atoms with E-state index in [2.05, 4.69) is 65.2 Å². The molecular weight excluding hydrogens is 336 g/mol. The highest BCUT2D eigenvalue weighted by molar-refractivity contribution is 5.78. The van der Waals surface area contributed by atoms with E-state index in [1.807, 2.05) is 12.4 Å². The minimum Gasteiger partial charge on any atom is -0.356 e. The van der Waals surface area contributed by atoms with Crippen molar-refractivity contribution in [3.05, 3.63) is 42.2 Å². The number of carbonyl (C=O) groups excluding carboxylic acids is 1. The van der Waals surface area contributed by atoms with Crippen LogP contribution >= 0.6 is 0 Å². The van der Waals surface area contributed by atoms with Crippen molar-refractivity contribution in [2.24, 2.45) is 11.8 Å². The molecule has 2 aromatic rings. The number of anilines is 1. The summed E-state index contributed by atoms with van der Waals surface area (Å²) in [6, 6.07) is 8.36. The summed E-state index contributed by atoms with van der Waals surface area (Å²) in [5.74, 6) is 1.68. The van der Waals surface area contributed by atoms with E-state index in [4.69, 9.17) is 0 Å². The SMILES string of the molecule is Cc1cccc(-c2cnc(N3CCC(C(=O)NCCC(C)C)CC3)nc2)c1. The van der Waals surface area contributed by atoms with Crippen LogP contribution in [0.25, 0.3) is 11.1 Å². The monoisotopic (exact) mass is 366 g/mol. The van der Waals surface area contributed by atoms with E-state index in [-0.39, 0.29) is 11.8 Å². The summed E-state index contributed by atoms with van der Waals surface area (Å²) >= 11 is 0. The highest BCUT2D eigenvalue weighted by atomic mass is 16.1. The third-order valence-corrected chi connectivity index (χ3v) is 5.16. The van der Waals surface area contributed by atoms with Gasteiger partial charge < -0.3 is 10.2 Å². The number of hydrogen-bond donors (Lipinski definition) is 1. The van der Waals surface area contributed by atoms with Gasteiger partial charge in [0, 0.05) is 43.5 Å². The van der Waals surface area contributed by atoms with Crippen molar-refractivity contribution in [1.29, 1.82) is 0 Å². The Morgan fingerprint density at radius 2 is 1.89 bits per heavy atom. The van der Waals surface area contributed by atoms with Gasteiger partial charge in [0.1, 0.15) is 0 Å². The summed E-state index contributed by atoms with van der Waals surface area (Å²) in [4.78, 5) is 23.6.